The van der Waals surface area contributed by atoms with Crippen LogP contribution in [-0.2, 0) is 12.5 Å². The molecule has 1 aromatic carbocycles. The Morgan fingerprint density at radius 1 is 1.12 bits per heavy atom. The van der Waals surface area contributed by atoms with Crippen LogP contribution in [0.3, 0.4) is 0 Å². The van der Waals surface area contributed by atoms with Crippen LogP contribution in [0.1, 0.15) is 40.2 Å². The molecule has 0 saturated carbocycles. The van der Waals surface area contributed by atoms with Crippen molar-refractivity contribution in [1.82, 2.24) is 4.98 Å². The predicted octanol–water partition coefficient (Wildman–Crippen LogP) is 4.50. The zero-order valence-electron chi connectivity index (χ0n) is 17.5. The predicted molar refractivity (Wildman–Crippen MR) is 97.9 cm³/mol. The van der Waals surface area contributed by atoms with Gasteiger partial charge in [0.1, 0.15) is 7.05 Å². The first-order chi connectivity index (χ1) is 12.6. The third kappa shape index (κ3) is 1.96. The van der Waals surface area contributed by atoms with E-state index in [0.29, 0.717) is 5.56 Å². The van der Waals surface area contributed by atoms with E-state index in [1.165, 1.54) is 16.7 Å². The number of fused-ring (bicyclic) bond motifs is 3. The van der Waals surface area contributed by atoms with Gasteiger partial charge in [-0.05, 0) is 42.6 Å². The van der Waals surface area contributed by atoms with E-state index in [-0.39, 0.29) is 5.41 Å². The fourth-order valence-corrected chi connectivity index (χ4v) is 4.01. The molecule has 2 heterocycles. The summed E-state index contributed by atoms with van der Waals surface area (Å²) in [6, 6.07) is 12.1. The Balaban J connectivity index is 2.01. The number of aryl methyl sites for hydroxylation is 3. The number of nitrogens with zero attached hydrogens (tertiary/aromatic N) is 2. The summed E-state index contributed by atoms with van der Waals surface area (Å²) in [5.74, 6) is 0. The van der Waals surface area contributed by atoms with Crippen LogP contribution in [-0.4, -0.2) is 4.98 Å². The molecule has 2 heteroatoms. The molecule has 0 atom stereocenters. The SMILES string of the molecule is [2H]C([2H])([2H])c1ccc(-c2c(C)ccc3c2C(C)(C)c2cccnc2-3)[n+](C)c1. The van der Waals surface area contributed by atoms with Gasteiger partial charge in [0, 0.05) is 32.9 Å². The lowest BCUT2D eigenvalue weighted by Gasteiger charge is -2.24. The van der Waals surface area contributed by atoms with Crippen LogP contribution >= 0.6 is 0 Å². The summed E-state index contributed by atoms with van der Waals surface area (Å²) >= 11 is 0. The van der Waals surface area contributed by atoms with Crippen molar-refractivity contribution in [1.29, 1.82) is 0 Å². The Labute approximate surface area is 148 Å². The molecule has 120 valence electrons. The Kier molecular flexibility index (Phi) is 2.50. The van der Waals surface area contributed by atoms with Gasteiger partial charge in [-0.15, -0.1) is 0 Å². The molecular formula is C22H23N2+. The Bertz CT molecular complexity index is 1070. The number of aromatic nitrogens is 2. The van der Waals surface area contributed by atoms with Gasteiger partial charge in [-0.25, -0.2) is 4.57 Å². The van der Waals surface area contributed by atoms with E-state index >= 15 is 0 Å². The molecule has 0 bridgehead atoms. The third-order valence-corrected chi connectivity index (χ3v) is 5.16. The van der Waals surface area contributed by atoms with Crippen molar-refractivity contribution in [2.24, 2.45) is 7.05 Å². The van der Waals surface area contributed by atoms with Crippen molar-refractivity contribution >= 4 is 0 Å². The van der Waals surface area contributed by atoms with Gasteiger partial charge < -0.3 is 0 Å². The quantitative estimate of drug-likeness (QED) is 0.604. The van der Waals surface area contributed by atoms with E-state index in [0.717, 1.165) is 22.5 Å². The molecule has 2 nitrogen and oxygen atoms in total. The first-order valence-electron chi connectivity index (χ1n) is 9.73. The van der Waals surface area contributed by atoms with E-state index in [9.17, 15) is 0 Å². The zero-order valence-corrected chi connectivity index (χ0v) is 14.5. The molecule has 0 radical (unpaired) electrons. The van der Waals surface area contributed by atoms with Crippen molar-refractivity contribution in [3.63, 3.8) is 0 Å². The summed E-state index contributed by atoms with van der Waals surface area (Å²) in [5, 5.41) is 0. The molecule has 0 amide bonds. The van der Waals surface area contributed by atoms with Gasteiger partial charge in [-0.2, -0.15) is 0 Å². The van der Waals surface area contributed by atoms with Crippen LogP contribution in [0.25, 0.3) is 22.5 Å². The summed E-state index contributed by atoms with van der Waals surface area (Å²) in [7, 11) is 1.91. The largest absolute Gasteiger partial charge is 0.256 e. The van der Waals surface area contributed by atoms with Crippen molar-refractivity contribution < 1.29 is 8.68 Å². The molecule has 3 aromatic rings. The molecule has 1 aliphatic carbocycles. The van der Waals surface area contributed by atoms with E-state index < -0.39 is 6.85 Å². The average Bonchev–Trinajstić information content (AvgIpc) is 2.83. The molecule has 2 aromatic heterocycles. The molecule has 24 heavy (non-hydrogen) atoms. The molecule has 0 spiro atoms. The molecule has 4 rings (SSSR count). The van der Waals surface area contributed by atoms with E-state index in [1.54, 1.807) is 12.3 Å². The highest BCUT2D eigenvalue weighted by atomic mass is 14.9. The van der Waals surface area contributed by atoms with Gasteiger partial charge in [-0.1, -0.05) is 32.0 Å². The third-order valence-electron chi connectivity index (χ3n) is 5.16. The molecule has 1 aliphatic rings. The Hall–Kier alpha value is -2.48. The monoisotopic (exact) mass is 318 g/mol. The first-order valence-corrected chi connectivity index (χ1v) is 8.23. The second kappa shape index (κ2) is 5.01. The maximum absolute atomic E-state index is 7.67. The first kappa shape index (κ1) is 12.0. The topological polar surface area (TPSA) is 16.8 Å². The highest BCUT2D eigenvalue weighted by Crippen LogP contribution is 2.51. The van der Waals surface area contributed by atoms with Crippen LogP contribution in [0.15, 0.2) is 48.8 Å². The lowest BCUT2D eigenvalue weighted by Crippen LogP contribution is -2.32. The van der Waals surface area contributed by atoms with Gasteiger partial charge in [0.15, 0.2) is 6.20 Å². The minimum Gasteiger partial charge on any atom is -0.256 e. The number of hydrogen-bond donors (Lipinski definition) is 0. The summed E-state index contributed by atoms with van der Waals surface area (Å²) in [6.07, 6.45) is 3.56. The standard InChI is InChI=1S/C22H23N2/c1-14-8-11-18(24(5)13-14)19-15(2)9-10-16-20(19)22(3,4)17-7-6-12-23-21(16)17/h6-13H,1-5H3/q+1/i1D3. The summed E-state index contributed by atoms with van der Waals surface area (Å²) in [6.45, 7) is 4.47. The lowest BCUT2D eigenvalue weighted by molar-refractivity contribution is -0.660. The minimum absolute atomic E-state index is 0.171. The number of pyridine rings is 2. The zero-order chi connectivity index (χ0) is 19.6. The van der Waals surface area contributed by atoms with Gasteiger partial charge in [0.2, 0.25) is 5.69 Å². The van der Waals surface area contributed by atoms with Gasteiger partial charge in [0.05, 0.1) is 11.3 Å². The summed E-state index contributed by atoms with van der Waals surface area (Å²) in [5.41, 5.74) is 8.22. The minimum atomic E-state index is -2.11. The fraction of sp³-hybridized carbons (Fsp3) is 0.273. The van der Waals surface area contributed by atoms with Crippen molar-refractivity contribution in [2.75, 3.05) is 0 Å². The van der Waals surface area contributed by atoms with Crippen molar-refractivity contribution in [3.05, 3.63) is 71.0 Å². The highest BCUT2D eigenvalue weighted by molar-refractivity contribution is 5.86. The molecule has 0 aliphatic heterocycles. The second-order valence-electron chi connectivity index (χ2n) is 7.12. The van der Waals surface area contributed by atoms with Crippen LogP contribution in [0.5, 0.6) is 0 Å². The van der Waals surface area contributed by atoms with Crippen molar-refractivity contribution in [2.45, 2.75) is 33.0 Å². The van der Waals surface area contributed by atoms with E-state index in [2.05, 4.69) is 44.0 Å². The summed E-state index contributed by atoms with van der Waals surface area (Å²) in [4.78, 5) is 4.65. The number of benzene rings is 1. The van der Waals surface area contributed by atoms with Gasteiger partial charge in [-0.3, -0.25) is 4.98 Å². The van der Waals surface area contributed by atoms with Crippen LogP contribution < -0.4 is 4.57 Å². The maximum Gasteiger partial charge on any atom is 0.212 e. The van der Waals surface area contributed by atoms with Crippen LogP contribution in [0.2, 0.25) is 0 Å². The number of rotatable bonds is 1. The maximum atomic E-state index is 7.67. The van der Waals surface area contributed by atoms with Crippen LogP contribution in [0, 0.1) is 13.8 Å². The van der Waals surface area contributed by atoms with E-state index in [4.69, 9.17) is 4.11 Å². The van der Waals surface area contributed by atoms with Gasteiger partial charge >= 0.3 is 0 Å². The second-order valence-corrected chi connectivity index (χ2v) is 7.12. The highest BCUT2D eigenvalue weighted by Gasteiger charge is 2.40. The Morgan fingerprint density at radius 3 is 2.71 bits per heavy atom. The smallest absolute Gasteiger partial charge is 0.212 e. The lowest BCUT2D eigenvalue weighted by atomic mass is 9.78. The van der Waals surface area contributed by atoms with Gasteiger partial charge in [0.25, 0.3) is 0 Å². The summed E-state index contributed by atoms with van der Waals surface area (Å²) < 4.78 is 24.9. The number of hydrogen-bond acceptors (Lipinski definition) is 1. The van der Waals surface area contributed by atoms with E-state index in [1.807, 2.05) is 29.9 Å². The molecule has 0 saturated heterocycles. The Morgan fingerprint density at radius 2 is 1.96 bits per heavy atom. The normalized spacial score (nSPS) is 16.8. The van der Waals surface area contributed by atoms with Crippen molar-refractivity contribution in [3.8, 4) is 22.5 Å². The molecule has 0 fully saturated rings. The fourth-order valence-electron chi connectivity index (χ4n) is 4.01. The molecule has 0 N–H and O–H groups in total. The molecular weight excluding hydrogens is 292 g/mol. The molecule has 0 unspecified atom stereocenters. The van der Waals surface area contributed by atoms with Crippen LogP contribution in [0.4, 0.5) is 0 Å². The average molecular weight is 318 g/mol.